The van der Waals surface area contributed by atoms with E-state index in [0.29, 0.717) is 0 Å². The molecule has 2 aromatic carbocycles. The largest absolute Gasteiger partial charge is 0.235 e. The molecule has 0 saturated heterocycles. The Balaban J connectivity index is 2.33. The Morgan fingerprint density at radius 3 is 1.96 bits per heavy atom. The molecule has 0 amide bonds. The van der Waals surface area contributed by atoms with Gasteiger partial charge in [-0.15, -0.1) is 5.10 Å². The first-order valence-electron chi connectivity index (χ1n) is 9.57. The number of hydrogen-bond acceptors (Lipinski definition) is 2. The predicted octanol–water partition coefficient (Wildman–Crippen LogP) is 6.50. The van der Waals surface area contributed by atoms with Crippen LogP contribution in [-0.4, -0.2) is 31.1 Å². The molecule has 0 aliphatic carbocycles. The summed E-state index contributed by atoms with van der Waals surface area (Å²) in [4.78, 5) is 0. The van der Waals surface area contributed by atoms with Crippen LogP contribution in [0.4, 0.5) is 0 Å². The Hall–Kier alpha value is -1.44. The smallest absolute Gasteiger partial charge is 0.113 e. The average Bonchev–Trinajstić information content (AvgIpc) is 2.96. The number of nitrogens with zero attached hydrogens (tertiary/aromatic N) is 3. The van der Waals surface area contributed by atoms with Crippen molar-refractivity contribution in [3.8, 4) is 0 Å². The van der Waals surface area contributed by atoms with E-state index >= 15 is 0 Å². The lowest BCUT2D eigenvalue weighted by molar-refractivity contribution is 0.383. The van der Waals surface area contributed by atoms with Gasteiger partial charge in [-0.25, -0.2) is 4.68 Å². The molecule has 144 valence electrons. The quantitative estimate of drug-likeness (QED) is 0.430. The van der Waals surface area contributed by atoms with Crippen LogP contribution in [0.5, 0.6) is 0 Å². The summed E-state index contributed by atoms with van der Waals surface area (Å²) in [6, 6.07) is 19.0. The summed E-state index contributed by atoms with van der Waals surface area (Å²) >= 11 is 6.23. The Bertz CT molecular complexity index is 905. The first-order chi connectivity index (χ1) is 12.5. The Morgan fingerprint density at radius 2 is 1.41 bits per heavy atom. The fourth-order valence-corrected chi connectivity index (χ4v) is 9.08. The van der Waals surface area contributed by atoms with Gasteiger partial charge in [0.15, 0.2) is 0 Å². The zero-order chi connectivity index (χ0) is 19.9. The van der Waals surface area contributed by atoms with E-state index in [4.69, 9.17) is 16.8 Å². The van der Waals surface area contributed by atoms with E-state index in [-0.39, 0.29) is 5.54 Å². The molecule has 0 bridgehead atoms. The summed E-state index contributed by atoms with van der Waals surface area (Å²) in [6.07, 6.45) is 0. The van der Waals surface area contributed by atoms with E-state index in [1.165, 1.54) is 5.56 Å². The second kappa shape index (κ2) is 7.19. The number of halogens is 1. The maximum atomic E-state index is 6.23. The van der Waals surface area contributed by atoms with Gasteiger partial charge in [0.1, 0.15) is 5.52 Å². The monoisotopic (exact) mass is 415 g/mol. The van der Waals surface area contributed by atoms with Crippen LogP contribution in [0, 0.1) is 0 Å². The third-order valence-corrected chi connectivity index (χ3v) is 8.33. The number of benzene rings is 2. The zero-order valence-corrected chi connectivity index (χ0v) is 20.0. The highest BCUT2D eigenvalue weighted by Crippen LogP contribution is 2.43. The minimum absolute atomic E-state index is 0.185. The maximum Gasteiger partial charge on any atom is 0.113 e. The number of hydrogen-bond donors (Lipinski definition) is 0. The molecule has 1 heterocycles. The highest BCUT2D eigenvalue weighted by molar-refractivity contribution is 6.78. The number of para-hydroxylation sites is 1. The molecular weight excluding hydrogens is 386 g/mol. The second-order valence-corrected chi connectivity index (χ2v) is 21.4. The zero-order valence-electron chi connectivity index (χ0n) is 17.3. The van der Waals surface area contributed by atoms with Gasteiger partial charge < -0.3 is 0 Å². The summed E-state index contributed by atoms with van der Waals surface area (Å²) < 4.78 is 2.22. The van der Waals surface area contributed by atoms with Crippen molar-refractivity contribution in [2.24, 2.45) is 0 Å². The van der Waals surface area contributed by atoms with Gasteiger partial charge in [-0.2, -0.15) is 0 Å². The van der Waals surface area contributed by atoms with Crippen molar-refractivity contribution in [1.29, 1.82) is 0 Å². The van der Waals surface area contributed by atoms with Gasteiger partial charge in [-0.1, -0.05) is 80.4 Å². The van der Waals surface area contributed by atoms with Gasteiger partial charge in [-0.05, 0) is 41.9 Å². The Kier molecular flexibility index (Phi) is 5.40. The van der Waals surface area contributed by atoms with Crippen molar-refractivity contribution in [2.75, 3.05) is 0 Å². The summed E-state index contributed by atoms with van der Waals surface area (Å²) in [7, 11) is -2.86. The van der Waals surface area contributed by atoms with E-state index in [1.54, 1.807) is 0 Å². The number of fused-ring (bicyclic) bond motifs is 1. The molecule has 3 nitrogen and oxygen atoms in total. The molecule has 1 aromatic heterocycles. The molecule has 0 N–H and O–H groups in total. The summed E-state index contributed by atoms with van der Waals surface area (Å²) in [6.45, 7) is 14.7. The van der Waals surface area contributed by atoms with Crippen LogP contribution in [0.3, 0.4) is 0 Å². The molecular formula is C21H30ClN3Si2. The lowest BCUT2D eigenvalue weighted by atomic mass is 9.93. The van der Waals surface area contributed by atoms with Gasteiger partial charge in [0.05, 0.1) is 11.1 Å². The SMILES string of the molecule is C[Si](C)(C)CC(C[Si](C)(C)C)(c1ccc(Cl)cc1)n1nnc2ccccc21. The molecule has 3 rings (SSSR count). The van der Waals surface area contributed by atoms with E-state index in [0.717, 1.165) is 28.1 Å². The molecule has 0 unspecified atom stereocenters. The third kappa shape index (κ3) is 4.53. The third-order valence-electron chi connectivity index (χ3n) is 4.78. The molecule has 0 aliphatic rings. The summed E-state index contributed by atoms with van der Waals surface area (Å²) in [5.41, 5.74) is 3.19. The molecule has 0 aliphatic heterocycles. The van der Waals surface area contributed by atoms with Gasteiger partial charge >= 0.3 is 0 Å². The molecule has 6 heteroatoms. The Labute approximate surface area is 169 Å². The highest BCUT2D eigenvalue weighted by Gasteiger charge is 2.43. The van der Waals surface area contributed by atoms with Gasteiger partial charge in [-0.3, -0.25) is 0 Å². The minimum atomic E-state index is -1.43. The summed E-state index contributed by atoms with van der Waals surface area (Å²) in [5, 5.41) is 9.99. The first-order valence-corrected chi connectivity index (χ1v) is 17.4. The molecule has 0 atom stereocenters. The van der Waals surface area contributed by atoms with Gasteiger partial charge in [0, 0.05) is 21.2 Å². The fraction of sp³-hybridized carbons (Fsp3) is 0.429. The lowest BCUT2D eigenvalue weighted by Crippen LogP contribution is -2.47. The molecule has 0 fully saturated rings. The van der Waals surface area contributed by atoms with Crippen molar-refractivity contribution < 1.29 is 0 Å². The van der Waals surface area contributed by atoms with E-state index < -0.39 is 16.1 Å². The molecule has 0 radical (unpaired) electrons. The van der Waals surface area contributed by atoms with Crippen LogP contribution < -0.4 is 0 Å². The van der Waals surface area contributed by atoms with Crippen LogP contribution in [0.25, 0.3) is 11.0 Å². The molecule has 3 aromatic rings. The van der Waals surface area contributed by atoms with Gasteiger partial charge in [0.2, 0.25) is 0 Å². The average molecular weight is 416 g/mol. The van der Waals surface area contributed by atoms with Crippen LogP contribution >= 0.6 is 11.6 Å². The summed E-state index contributed by atoms with van der Waals surface area (Å²) in [5.74, 6) is 0. The molecule has 0 spiro atoms. The van der Waals surface area contributed by atoms with E-state index in [1.807, 2.05) is 18.2 Å². The van der Waals surface area contributed by atoms with Crippen molar-refractivity contribution >= 4 is 38.8 Å². The molecule has 0 saturated carbocycles. The second-order valence-electron chi connectivity index (χ2n) is 10.0. The van der Waals surface area contributed by atoms with Crippen molar-refractivity contribution in [3.63, 3.8) is 0 Å². The van der Waals surface area contributed by atoms with Crippen molar-refractivity contribution in [3.05, 3.63) is 59.1 Å². The van der Waals surface area contributed by atoms with E-state index in [9.17, 15) is 0 Å². The first kappa shape index (κ1) is 20.3. The number of aromatic nitrogens is 3. The van der Waals surface area contributed by atoms with Crippen LogP contribution in [-0.2, 0) is 5.54 Å². The minimum Gasteiger partial charge on any atom is -0.235 e. The fourth-order valence-electron chi connectivity index (χ4n) is 4.24. The lowest BCUT2D eigenvalue weighted by Gasteiger charge is -2.42. The normalized spacial score (nSPS) is 13.3. The van der Waals surface area contributed by atoms with Gasteiger partial charge in [0.25, 0.3) is 0 Å². The van der Waals surface area contributed by atoms with Crippen LogP contribution in [0.2, 0.25) is 56.4 Å². The van der Waals surface area contributed by atoms with Crippen LogP contribution in [0.1, 0.15) is 5.56 Å². The van der Waals surface area contributed by atoms with Crippen molar-refractivity contribution in [2.45, 2.75) is 56.9 Å². The predicted molar refractivity (Wildman–Crippen MR) is 122 cm³/mol. The molecule has 27 heavy (non-hydrogen) atoms. The maximum absolute atomic E-state index is 6.23. The van der Waals surface area contributed by atoms with E-state index in [2.05, 4.69) is 79.4 Å². The standard InChI is InChI=1S/C21H30ClN3Si2/c1-26(2,3)15-21(16-27(4,5)6,17-11-13-18(22)14-12-17)25-20-10-8-7-9-19(20)23-24-25/h7-14H,15-16H2,1-6H3. The van der Waals surface area contributed by atoms with Crippen molar-refractivity contribution in [1.82, 2.24) is 15.0 Å². The highest BCUT2D eigenvalue weighted by atomic mass is 35.5. The topological polar surface area (TPSA) is 30.7 Å². The van der Waals surface area contributed by atoms with Crippen LogP contribution in [0.15, 0.2) is 48.5 Å². The number of rotatable bonds is 6. The Morgan fingerprint density at radius 1 is 0.852 bits per heavy atom.